The molecule has 0 aromatic heterocycles. The fraction of sp³-hybridized carbons (Fsp3) is 0.500. The topological polar surface area (TPSA) is 281 Å². The Morgan fingerprint density at radius 2 is 0.667 bits per heavy atom. The van der Waals surface area contributed by atoms with E-state index in [0.29, 0.717) is 0 Å². The van der Waals surface area contributed by atoms with Crippen molar-refractivity contribution in [3.05, 3.63) is 0 Å². The molecular weight excluding hydrogens is 424 g/mol. The minimum absolute atomic E-state index is 0. The number of rotatable bonds is 10. The monoisotopic (exact) mass is 434 g/mol. The first-order valence-electron chi connectivity index (χ1n) is 6.23. The SMILES string of the molecule is O=C([O-])CC(O)(CC(=O)[O-])C(=O)[O-].O=C([O-])CC(O)(CC(=O)[O-])C(=O)[O-].[Fe+6]. The molecule has 0 aliphatic carbocycles. The van der Waals surface area contributed by atoms with Crippen molar-refractivity contribution in [2.45, 2.75) is 36.9 Å². The molecule has 0 radical (unpaired) electrons. The van der Waals surface area contributed by atoms with Crippen LogP contribution in [0.1, 0.15) is 25.7 Å². The van der Waals surface area contributed by atoms with E-state index in [0.717, 1.165) is 0 Å². The van der Waals surface area contributed by atoms with Gasteiger partial charge in [-0.3, -0.25) is 0 Å². The second-order valence-electron chi connectivity index (χ2n) is 4.83. The minimum Gasteiger partial charge on any atom is -0.550 e. The molecule has 0 saturated carbocycles. The van der Waals surface area contributed by atoms with Crippen LogP contribution in [-0.2, 0) is 45.8 Å². The number of carbonyl (C=O) groups is 6. The average molecular weight is 434 g/mol. The van der Waals surface area contributed by atoms with Crippen LogP contribution in [0.4, 0.5) is 0 Å². The molecule has 0 fully saturated rings. The van der Waals surface area contributed by atoms with Gasteiger partial charge in [-0.25, -0.2) is 0 Å². The predicted molar refractivity (Wildman–Crippen MR) is 58.4 cm³/mol. The van der Waals surface area contributed by atoms with Gasteiger partial charge < -0.3 is 69.6 Å². The maximum atomic E-state index is 10.1. The first kappa shape index (κ1) is 29.0. The molecule has 0 atom stereocenters. The van der Waals surface area contributed by atoms with Crippen LogP contribution in [0.5, 0.6) is 0 Å². The van der Waals surface area contributed by atoms with E-state index in [4.69, 9.17) is 10.2 Å². The molecule has 0 unspecified atom stereocenters. The molecule has 150 valence electrons. The summed E-state index contributed by atoms with van der Waals surface area (Å²) in [6, 6.07) is 0. The van der Waals surface area contributed by atoms with Crippen LogP contribution in [0.15, 0.2) is 0 Å². The summed E-state index contributed by atoms with van der Waals surface area (Å²) in [5.74, 6) is -12.0. The van der Waals surface area contributed by atoms with Crippen molar-refractivity contribution in [2.75, 3.05) is 0 Å². The Morgan fingerprint density at radius 1 is 0.519 bits per heavy atom. The quantitative estimate of drug-likeness (QED) is 0.302. The molecule has 15 heteroatoms. The van der Waals surface area contributed by atoms with Crippen molar-refractivity contribution in [3.63, 3.8) is 0 Å². The van der Waals surface area contributed by atoms with Gasteiger partial charge in [0.15, 0.2) is 0 Å². The summed E-state index contributed by atoms with van der Waals surface area (Å²) in [7, 11) is 0. The molecular formula is C12H10FeO14. The summed E-state index contributed by atoms with van der Waals surface area (Å²) < 4.78 is 0. The number of carboxylic acids is 6. The Bertz CT molecular complexity index is 513. The molecule has 0 aromatic carbocycles. The van der Waals surface area contributed by atoms with E-state index in [-0.39, 0.29) is 17.1 Å². The molecule has 14 nitrogen and oxygen atoms in total. The third-order valence-electron chi connectivity index (χ3n) is 2.51. The number of aliphatic hydroxyl groups is 2. The zero-order valence-electron chi connectivity index (χ0n) is 13.0. The van der Waals surface area contributed by atoms with Crippen LogP contribution in [0, 0.1) is 0 Å². The van der Waals surface area contributed by atoms with E-state index in [1.165, 1.54) is 0 Å². The van der Waals surface area contributed by atoms with E-state index in [2.05, 4.69) is 0 Å². The maximum Gasteiger partial charge on any atom is 6.00 e. The van der Waals surface area contributed by atoms with Gasteiger partial charge in [-0.2, -0.15) is 0 Å². The third kappa shape index (κ3) is 12.3. The van der Waals surface area contributed by atoms with Gasteiger partial charge in [-0.1, -0.05) is 0 Å². The fourth-order valence-corrected chi connectivity index (χ4v) is 1.37. The second-order valence-corrected chi connectivity index (χ2v) is 4.83. The van der Waals surface area contributed by atoms with E-state index >= 15 is 0 Å². The number of hydrogen-bond acceptors (Lipinski definition) is 14. The molecule has 0 amide bonds. The predicted octanol–water partition coefficient (Wildman–Crippen LogP) is -10.5. The van der Waals surface area contributed by atoms with Crippen LogP contribution in [0.3, 0.4) is 0 Å². The summed E-state index contributed by atoms with van der Waals surface area (Å²) in [4.78, 5) is 60.0. The largest absolute Gasteiger partial charge is 6.00 e. The van der Waals surface area contributed by atoms with Gasteiger partial charge in [0.25, 0.3) is 0 Å². The third-order valence-corrected chi connectivity index (χ3v) is 2.51. The van der Waals surface area contributed by atoms with Crippen molar-refractivity contribution < 1.29 is 86.7 Å². The van der Waals surface area contributed by atoms with Crippen molar-refractivity contribution in [1.29, 1.82) is 0 Å². The summed E-state index contributed by atoms with van der Waals surface area (Å²) in [5.41, 5.74) is -5.95. The first-order chi connectivity index (χ1) is 11.6. The molecule has 0 aromatic rings. The van der Waals surface area contributed by atoms with Crippen molar-refractivity contribution in [2.24, 2.45) is 0 Å². The van der Waals surface area contributed by atoms with Gasteiger partial charge in [-0.15, -0.1) is 0 Å². The van der Waals surface area contributed by atoms with Crippen LogP contribution < -0.4 is 30.6 Å². The Hall–Kier alpha value is -2.74. The van der Waals surface area contributed by atoms with E-state index < -0.39 is 72.7 Å². The van der Waals surface area contributed by atoms with Crippen LogP contribution in [-0.4, -0.2) is 57.2 Å². The first-order valence-corrected chi connectivity index (χ1v) is 6.23. The molecule has 2 N–H and O–H groups in total. The van der Waals surface area contributed by atoms with Crippen molar-refractivity contribution >= 4 is 35.8 Å². The number of hydrogen-bond donors (Lipinski definition) is 2. The minimum atomic E-state index is -2.97. The van der Waals surface area contributed by atoms with Crippen molar-refractivity contribution in [1.82, 2.24) is 0 Å². The van der Waals surface area contributed by atoms with Crippen LogP contribution >= 0.6 is 0 Å². The normalized spacial score (nSPS) is 10.4. The fourth-order valence-electron chi connectivity index (χ4n) is 1.37. The molecule has 0 saturated heterocycles. The van der Waals surface area contributed by atoms with Gasteiger partial charge in [0, 0.05) is 49.6 Å². The van der Waals surface area contributed by atoms with Gasteiger partial charge >= 0.3 is 17.1 Å². The zero-order valence-corrected chi connectivity index (χ0v) is 14.1. The Morgan fingerprint density at radius 3 is 0.741 bits per heavy atom. The summed E-state index contributed by atoms with van der Waals surface area (Å²) in [5, 5.41) is 77.9. The van der Waals surface area contributed by atoms with Crippen LogP contribution in [0.25, 0.3) is 0 Å². The molecule has 0 heterocycles. The number of carboxylic acid groups (broad SMARTS) is 6. The molecule has 27 heavy (non-hydrogen) atoms. The van der Waals surface area contributed by atoms with E-state index in [1.807, 2.05) is 0 Å². The Labute approximate surface area is 160 Å². The average Bonchev–Trinajstić information content (AvgIpc) is 2.34. The van der Waals surface area contributed by atoms with E-state index in [1.54, 1.807) is 0 Å². The van der Waals surface area contributed by atoms with Gasteiger partial charge in [-0.05, 0) is 0 Å². The summed E-state index contributed by atoms with van der Waals surface area (Å²) in [6.45, 7) is 0. The van der Waals surface area contributed by atoms with Gasteiger partial charge in [0.2, 0.25) is 0 Å². The molecule has 0 aliphatic heterocycles. The number of aliphatic carboxylic acids is 6. The molecule has 0 aliphatic rings. The summed E-state index contributed by atoms with van der Waals surface area (Å²) in [6.07, 6.45) is -5.43. The van der Waals surface area contributed by atoms with Gasteiger partial charge in [0.1, 0.15) is 11.2 Å². The molecule has 0 spiro atoms. The van der Waals surface area contributed by atoms with E-state index in [9.17, 15) is 59.4 Å². The van der Waals surface area contributed by atoms with Gasteiger partial charge in [0.05, 0.1) is 11.9 Å². The Kier molecular flexibility index (Phi) is 12.7. The van der Waals surface area contributed by atoms with Crippen molar-refractivity contribution in [3.8, 4) is 0 Å². The van der Waals surface area contributed by atoms with Crippen LogP contribution in [0.2, 0.25) is 0 Å². The summed E-state index contributed by atoms with van der Waals surface area (Å²) >= 11 is 0. The molecule has 0 bridgehead atoms. The standard InChI is InChI=1S/2C6H8O7.Fe/c2*7-3(8)1-6(13,5(11)12)2-4(9)10;/h2*13H,1-2H2,(H,7,8)(H,9,10)(H,11,12);/q;;+6/p-6. The zero-order chi connectivity index (χ0) is 21.3. The Balaban J connectivity index is -0.000000411. The molecule has 0 rings (SSSR count). The number of carbonyl (C=O) groups excluding carboxylic acids is 6. The smallest absolute Gasteiger partial charge is 0.550 e. The maximum absolute atomic E-state index is 10.1. The second kappa shape index (κ2) is 11.8.